The standard InChI is InChI=1S/C14H12N4O3/c1-18(8-11-16-14(20)21-17-11)13(19)10-6-2-4-9-5-3-7-15-12(9)10/h2-7H,8H2,1H3,(H,16,17,20). The third-order valence-corrected chi connectivity index (χ3v) is 3.08. The molecular formula is C14H12N4O3. The average Bonchev–Trinajstić information content (AvgIpc) is 2.91. The van der Waals surface area contributed by atoms with Crippen LogP contribution >= 0.6 is 0 Å². The van der Waals surface area contributed by atoms with Crippen LogP contribution < -0.4 is 5.76 Å². The van der Waals surface area contributed by atoms with E-state index in [1.807, 2.05) is 24.3 Å². The zero-order valence-corrected chi connectivity index (χ0v) is 11.2. The van der Waals surface area contributed by atoms with E-state index in [2.05, 4.69) is 19.6 Å². The van der Waals surface area contributed by atoms with E-state index in [1.54, 1.807) is 19.3 Å². The molecule has 1 amide bonds. The Labute approximate surface area is 119 Å². The second-order valence-electron chi connectivity index (χ2n) is 4.58. The van der Waals surface area contributed by atoms with Crippen LogP contribution in [0.25, 0.3) is 10.9 Å². The van der Waals surface area contributed by atoms with Gasteiger partial charge in [0.15, 0.2) is 5.82 Å². The summed E-state index contributed by atoms with van der Waals surface area (Å²) in [4.78, 5) is 31.5. The summed E-state index contributed by atoms with van der Waals surface area (Å²) < 4.78 is 4.41. The van der Waals surface area contributed by atoms with Crippen molar-refractivity contribution in [2.45, 2.75) is 6.54 Å². The predicted octanol–water partition coefficient (Wildman–Crippen LogP) is 1.18. The molecule has 1 N–H and O–H groups in total. The number of aromatic nitrogens is 3. The Hall–Kier alpha value is -2.96. The highest BCUT2D eigenvalue weighted by Gasteiger charge is 2.17. The molecule has 2 heterocycles. The monoisotopic (exact) mass is 284 g/mol. The summed E-state index contributed by atoms with van der Waals surface area (Å²) in [6, 6.07) is 9.14. The number of hydrogen-bond acceptors (Lipinski definition) is 5. The number of para-hydroxylation sites is 1. The van der Waals surface area contributed by atoms with Crippen molar-refractivity contribution < 1.29 is 9.32 Å². The molecule has 106 valence electrons. The lowest BCUT2D eigenvalue weighted by molar-refractivity contribution is 0.0782. The van der Waals surface area contributed by atoms with E-state index in [-0.39, 0.29) is 12.5 Å². The van der Waals surface area contributed by atoms with Crippen LogP contribution in [0.2, 0.25) is 0 Å². The molecule has 0 fully saturated rings. The lowest BCUT2D eigenvalue weighted by atomic mass is 10.1. The molecule has 0 unspecified atom stereocenters. The largest absolute Gasteiger partial charge is 0.438 e. The molecule has 7 nitrogen and oxygen atoms in total. The van der Waals surface area contributed by atoms with Crippen molar-refractivity contribution in [2.75, 3.05) is 7.05 Å². The van der Waals surface area contributed by atoms with Gasteiger partial charge >= 0.3 is 5.76 Å². The third kappa shape index (κ3) is 2.53. The normalized spacial score (nSPS) is 10.7. The number of nitrogens with zero attached hydrogens (tertiary/aromatic N) is 3. The molecule has 0 saturated carbocycles. The van der Waals surface area contributed by atoms with Crippen molar-refractivity contribution in [3.63, 3.8) is 0 Å². The Morgan fingerprint density at radius 2 is 2.14 bits per heavy atom. The Balaban J connectivity index is 1.91. The van der Waals surface area contributed by atoms with Crippen LogP contribution in [0.3, 0.4) is 0 Å². The maximum atomic E-state index is 12.5. The summed E-state index contributed by atoms with van der Waals surface area (Å²) in [6.45, 7) is 0.147. The Kier molecular flexibility index (Phi) is 3.23. The van der Waals surface area contributed by atoms with E-state index in [4.69, 9.17) is 0 Å². The van der Waals surface area contributed by atoms with Crippen LogP contribution in [0.5, 0.6) is 0 Å². The summed E-state index contributed by atoms with van der Waals surface area (Å²) in [5.41, 5.74) is 1.15. The van der Waals surface area contributed by atoms with Gasteiger partial charge in [0, 0.05) is 18.6 Å². The molecule has 21 heavy (non-hydrogen) atoms. The van der Waals surface area contributed by atoms with Gasteiger partial charge in [0.1, 0.15) is 0 Å². The van der Waals surface area contributed by atoms with Crippen molar-refractivity contribution in [1.29, 1.82) is 0 Å². The summed E-state index contributed by atoms with van der Waals surface area (Å²) in [5, 5.41) is 4.44. The number of carbonyl (C=O) groups is 1. The van der Waals surface area contributed by atoms with Gasteiger partial charge in [-0.25, -0.2) is 4.79 Å². The fourth-order valence-electron chi connectivity index (χ4n) is 2.11. The molecule has 0 spiro atoms. The molecular weight excluding hydrogens is 272 g/mol. The smallest absolute Gasteiger partial charge is 0.334 e. The molecule has 0 aliphatic rings. The first-order chi connectivity index (χ1) is 10.1. The van der Waals surface area contributed by atoms with Gasteiger partial charge in [-0.05, 0) is 12.1 Å². The van der Waals surface area contributed by atoms with E-state index >= 15 is 0 Å². The fourth-order valence-corrected chi connectivity index (χ4v) is 2.11. The Morgan fingerprint density at radius 3 is 2.90 bits per heavy atom. The lowest BCUT2D eigenvalue weighted by Gasteiger charge is -2.16. The summed E-state index contributed by atoms with van der Waals surface area (Å²) in [6.07, 6.45) is 1.65. The second-order valence-corrected chi connectivity index (χ2v) is 4.58. The van der Waals surface area contributed by atoms with Crippen LogP contribution in [-0.2, 0) is 6.54 Å². The minimum atomic E-state index is -0.641. The number of carbonyl (C=O) groups excluding carboxylic acids is 1. The van der Waals surface area contributed by atoms with Crippen molar-refractivity contribution in [3.05, 3.63) is 58.5 Å². The summed E-state index contributed by atoms with van der Waals surface area (Å²) in [5.74, 6) is -0.551. The van der Waals surface area contributed by atoms with Crippen molar-refractivity contribution in [3.8, 4) is 0 Å². The molecule has 0 saturated heterocycles. The molecule has 0 bridgehead atoms. The SMILES string of the molecule is CN(Cc1noc(=O)[nH]1)C(=O)c1cccc2cccnc12. The molecule has 3 rings (SSSR count). The molecule has 0 radical (unpaired) electrons. The zero-order chi connectivity index (χ0) is 14.8. The first-order valence-corrected chi connectivity index (χ1v) is 6.29. The highest BCUT2D eigenvalue weighted by atomic mass is 16.5. The highest BCUT2D eigenvalue weighted by molar-refractivity contribution is 6.05. The Morgan fingerprint density at radius 1 is 1.33 bits per heavy atom. The van der Waals surface area contributed by atoms with Crippen LogP contribution in [0.4, 0.5) is 0 Å². The number of rotatable bonds is 3. The molecule has 0 aliphatic heterocycles. The Bertz CT molecular complexity index is 847. The minimum Gasteiger partial charge on any atom is -0.334 e. The van der Waals surface area contributed by atoms with Gasteiger partial charge in [-0.1, -0.05) is 23.4 Å². The fraction of sp³-hybridized carbons (Fsp3) is 0.143. The highest BCUT2D eigenvalue weighted by Crippen LogP contribution is 2.17. The van der Waals surface area contributed by atoms with Crippen LogP contribution in [0.15, 0.2) is 45.8 Å². The topological polar surface area (TPSA) is 92.1 Å². The zero-order valence-electron chi connectivity index (χ0n) is 11.2. The minimum absolute atomic E-state index is 0.147. The van der Waals surface area contributed by atoms with E-state index < -0.39 is 5.76 Å². The van der Waals surface area contributed by atoms with Crippen LogP contribution in [-0.4, -0.2) is 33.0 Å². The number of pyridine rings is 1. The number of amides is 1. The van der Waals surface area contributed by atoms with E-state index in [0.717, 1.165) is 5.39 Å². The number of H-pyrrole nitrogens is 1. The maximum absolute atomic E-state index is 12.5. The quantitative estimate of drug-likeness (QED) is 0.779. The van der Waals surface area contributed by atoms with Crippen molar-refractivity contribution >= 4 is 16.8 Å². The van der Waals surface area contributed by atoms with Gasteiger partial charge < -0.3 is 4.90 Å². The van der Waals surface area contributed by atoms with Crippen LogP contribution in [0, 0.1) is 0 Å². The first kappa shape index (κ1) is 13.0. The van der Waals surface area contributed by atoms with E-state index in [1.165, 1.54) is 4.90 Å². The van der Waals surface area contributed by atoms with E-state index in [0.29, 0.717) is 16.9 Å². The summed E-state index contributed by atoms with van der Waals surface area (Å²) in [7, 11) is 1.62. The molecule has 0 aliphatic carbocycles. The van der Waals surface area contributed by atoms with Gasteiger partial charge in [0.25, 0.3) is 5.91 Å². The van der Waals surface area contributed by atoms with E-state index in [9.17, 15) is 9.59 Å². The number of aromatic amines is 1. The van der Waals surface area contributed by atoms with Gasteiger partial charge in [0.05, 0.1) is 17.6 Å². The van der Waals surface area contributed by atoms with Gasteiger partial charge in [-0.2, -0.15) is 0 Å². The molecule has 2 aromatic heterocycles. The molecule has 1 aromatic carbocycles. The summed E-state index contributed by atoms with van der Waals surface area (Å²) >= 11 is 0. The molecule has 3 aromatic rings. The first-order valence-electron chi connectivity index (χ1n) is 6.29. The van der Waals surface area contributed by atoms with Crippen molar-refractivity contribution in [1.82, 2.24) is 20.0 Å². The predicted molar refractivity (Wildman–Crippen MR) is 74.7 cm³/mol. The van der Waals surface area contributed by atoms with Crippen LogP contribution in [0.1, 0.15) is 16.2 Å². The number of hydrogen-bond donors (Lipinski definition) is 1. The van der Waals surface area contributed by atoms with Gasteiger partial charge in [0.2, 0.25) is 0 Å². The average molecular weight is 284 g/mol. The lowest BCUT2D eigenvalue weighted by Crippen LogP contribution is -2.27. The molecule has 7 heteroatoms. The number of fused-ring (bicyclic) bond motifs is 1. The third-order valence-electron chi connectivity index (χ3n) is 3.08. The number of nitrogens with one attached hydrogen (secondary N) is 1. The molecule has 0 atom stereocenters. The van der Waals surface area contributed by atoms with Crippen molar-refractivity contribution in [2.24, 2.45) is 0 Å². The van der Waals surface area contributed by atoms with Gasteiger partial charge in [-0.3, -0.25) is 19.3 Å². The second kappa shape index (κ2) is 5.20. The van der Waals surface area contributed by atoms with Gasteiger partial charge in [-0.15, -0.1) is 0 Å². The number of benzene rings is 1. The maximum Gasteiger partial charge on any atom is 0.438 e.